The van der Waals surface area contributed by atoms with E-state index in [4.69, 9.17) is 12.2 Å². The predicted molar refractivity (Wildman–Crippen MR) is 62.1 cm³/mol. The van der Waals surface area contributed by atoms with E-state index in [1.807, 2.05) is 10.6 Å². The zero-order valence-corrected chi connectivity index (χ0v) is 8.90. The Morgan fingerprint density at radius 2 is 2.36 bits per heavy atom. The first-order chi connectivity index (χ1) is 6.72. The van der Waals surface area contributed by atoms with Gasteiger partial charge in [0, 0.05) is 6.54 Å². The van der Waals surface area contributed by atoms with Crippen LogP contribution >= 0.6 is 12.2 Å². The molecule has 3 heteroatoms. The fourth-order valence-electron chi connectivity index (χ4n) is 1.57. The van der Waals surface area contributed by atoms with Gasteiger partial charge < -0.3 is 9.55 Å². The van der Waals surface area contributed by atoms with Gasteiger partial charge in [-0.25, -0.2) is 0 Å². The molecule has 0 radical (unpaired) electrons. The molecule has 2 aromatic rings. The molecule has 0 amide bonds. The molecule has 2 rings (SSSR count). The average Bonchev–Trinajstić information content (AvgIpc) is 2.45. The van der Waals surface area contributed by atoms with Crippen LogP contribution in [0.25, 0.3) is 11.0 Å². The number of hydrogen-bond acceptors (Lipinski definition) is 1. The maximum absolute atomic E-state index is 5.22. The summed E-state index contributed by atoms with van der Waals surface area (Å²) < 4.78 is 2.80. The highest BCUT2D eigenvalue weighted by atomic mass is 32.1. The summed E-state index contributed by atoms with van der Waals surface area (Å²) in [6.07, 6.45) is 1.85. The van der Waals surface area contributed by atoms with Crippen molar-refractivity contribution in [3.05, 3.63) is 41.2 Å². The normalized spacial score (nSPS) is 10.6. The van der Waals surface area contributed by atoms with E-state index in [0.29, 0.717) is 0 Å². The molecule has 0 unspecified atom stereocenters. The van der Waals surface area contributed by atoms with Gasteiger partial charge in [-0.2, -0.15) is 0 Å². The molecule has 0 bridgehead atoms. The zero-order valence-electron chi connectivity index (χ0n) is 8.08. The van der Waals surface area contributed by atoms with Gasteiger partial charge in [-0.1, -0.05) is 12.1 Å². The highest BCUT2D eigenvalue weighted by Crippen LogP contribution is 2.15. The lowest BCUT2D eigenvalue weighted by Crippen LogP contribution is -1.94. The molecular formula is C11H12N2S. The molecule has 0 aliphatic heterocycles. The van der Waals surface area contributed by atoms with E-state index in [0.717, 1.165) is 22.3 Å². The van der Waals surface area contributed by atoms with Gasteiger partial charge in [0.25, 0.3) is 0 Å². The second-order valence-corrected chi connectivity index (χ2v) is 3.74. The Hall–Kier alpha value is -1.35. The van der Waals surface area contributed by atoms with Gasteiger partial charge in [-0.15, -0.1) is 6.58 Å². The van der Waals surface area contributed by atoms with E-state index >= 15 is 0 Å². The van der Waals surface area contributed by atoms with Gasteiger partial charge in [0.2, 0.25) is 0 Å². The minimum Gasteiger partial charge on any atom is -0.331 e. The van der Waals surface area contributed by atoms with E-state index < -0.39 is 0 Å². The molecule has 1 aromatic heterocycles. The third-order valence-electron chi connectivity index (χ3n) is 2.24. The molecule has 0 spiro atoms. The second kappa shape index (κ2) is 3.42. The van der Waals surface area contributed by atoms with Crippen molar-refractivity contribution in [2.45, 2.75) is 13.5 Å². The summed E-state index contributed by atoms with van der Waals surface area (Å²) in [5.41, 5.74) is 3.47. The molecule has 1 aromatic carbocycles. The first-order valence-corrected chi connectivity index (χ1v) is 4.93. The average molecular weight is 204 g/mol. The molecule has 14 heavy (non-hydrogen) atoms. The maximum Gasteiger partial charge on any atom is 0.178 e. The second-order valence-electron chi connectivity index (χ2n) is 3.35. The van der Waals surface area contributed by atoms with Crippen LogP contribution in [-0.2, 0) is 6.54 Å². The van der Waals surface area contributed by atoms with Gasteiger partial charge in [0.05, 0.1) is 11.0 Å². The van der Waals surface area contributed by atoms with Gasteiger partial charge in [0.1, 0.15) is 0 Å². The Kier molecular flexibility index (Phi) is 2.25. The SMILES string of the molecule is C=CCn1c(=S)[nH]c2ccc(C)cc21. The van der Waals surface area contributed by atoms with E-state index in [1.54, 1.807) is 0 Å². The number of imidazole rings is 1. The molecule has 72 valence electrons. The van der Waals surface area contributed by atoms with Crippen LogP contribution in [0.4, 0.5) is 0 Å². The summed E-state index contributed by atoms with van der Waals surface area (Å²) in [7, 11) is 0. The highest BCUT2D eigenvalue weighted by Gasteiger charge is 2.01. The number of allylic oxidation sites excluding steroid dienone is 1. The van der Waals surface area contributed by atoms with Crippen LogP contribution in [0.1, 0.15) is 5.56 Å². The quantitative estimate of drug-likeness (QED) is 0.588. The fourth-order valence-corrected chi connectivity index (χ4v) is 1.86. The minimum atomic E-state index is 0.752. The van der Waals surface area contributed by atoms with Gasteiger partial charge >= 0.3 is 0 Å². The number of fused-ring (bicyclic) bond motifs is 1. The number of aryl methyl sites for hydroxylation is 1. The smallest absolute Gasteiger partial charge is 0.178 e. The topological polar surface area (TPSA) is 20.7 Å². The number of nitrogens with one attached hydrogen (secondary N) is 1. The molecule has 0 saturated carbocycles. The van der Waals surface area contributed by atoms with Gasteiger partial charge in [-0.3, -0.25) is 0 Å². The lowest BCUT2D eigenvalue weighted by atomic mass is 10.2. The number of aromatic nitrogens is 2. The lowest BCUT2D eigenvalue weighted by molar-refractivity contribution is 0.835. The van der Waals surface area contributed by atoms with Crippen LogP contribution in [0.2, 0.25) is 0 Å². The molecule has 1 heterocycles. The Labute approximate surface area is 87.9 Å². The van der Waals surface area contributed by atoms with E-state index in [9.17, 15) is 0 Å². The third-order valence-corrected chi connectivity index (χ3v) is 2.56. The molecule has 2 nitrogen and oxygen atoms in total. The predicted octanol–water partition coefficient (Wildman–Crippen LogP) is 3.19. The minimum absolute atomic E-state index is 0.752. The number of H-pyrrole nitrogens is 1. The summed E-state index contributed by atoms with van der Waals surface area (Å²) in [5, 5.41) is 0. The summed E-state index contributed by atoms with van der Waals surface area (Å²) in [5.74, 6) is 0. The zero-order chi connectivity index (χ0) is 10.1. The fraction of sp³-hybridized carbons (Fsp3) is 0.182. The van der Waals surface area contributed by atoms with Crippen molar-refractivity contribution in [1.82, 2.24) is 9.55 Å². The monoisotopic (exact) mass is 204 g/mol. The standard InChI is InChI=1S/C11H12N2S/c1-3-6-13-10-7-8(2)4-5-9(10)12-11(13)14/h3-5,7H,1,6H2,2H3,(H,12,14). The number of rotatable bonds is 2. The van der Waals surface area contributed by atoms with Gasteiger partial charge in [0.15, 0.2) is 4.77 Å². The summed E-state index contributed by atoms with van der Waals surface area (Å²) >= 11 is 5.22. The molecule has 0 aliphatic carbocycles. The van der Waals surface area contributed by atoms with Crippen molar-refractivity contribution in [2.24, 2.45) is 0 Å². The van der Waals surface area contributed by atoms with Crippen LogP contribution < -0.4 is 0 Å². The van der Waals surface area contributed by atoms with Crippen LogP contribution in [0.15, 0.2) is 30.9 Å². The summed E-state index contributed by atoms with van der Waals surface area (Å²) in [4.78, 5) is 3.17. The van der Waals surface area contributed by atoms with Crippen LogP contribution in [0, 0.1) is 11.7 Å². The van der Waals surface area contributed by atoms with Crippen molar-refractivity contribution in [1.29, 1.82) is 0 Å². The van der Waals surface area contributed by atoms with Crippen LogP contribution in [0.3, 0.4) is 0 Å². The van der Waals surface area contributed by atoms with E-state index in [-0.39, 0.29) is 0 Å². The molecule has 0 fully saturated rings. The molecule has 0 aliphatic rings. The van der Waals surface area contributed by atoms with Crippen molar-refractivity contribution >= 4 is 23.3 Å². The van der Waals surface area contributed by atoms with Crippen molar-refractivity contribution in [2.75, 3.05) is 0 Å². The Morgan fingerprint density at radius 3 is 3.07 bits per heavy atom. The molecule has 1 N–H and O–H groups in total. The number of hydrogen-bond donors (Lipinski definition) is 1. The van der Waals surface area contributed by atoms with E-state index in [2.05, 4.69) is 36.7 Å². The Morgan fingerprint density at radius 1 is 1.57 bits per heavy atom. The lowest BCUT2D eigenvalue weighted by Gasteiger charge is -1.99. The van der Waals surface area contributed by atoms with E-state index in [1.165, 1.54) is 5.56 Å². The largest absolute Gasteiger partial charge is 0.331 e. The molecule has 0 saturated heterocycles. The number of benzene rings is 1. The van der Waals surface area contributed by atoms with Crippen LogP contribution in [0.5, 0.6) is 0 Å². The first kappa shape index (κ1) is 9.21. The Bertz CT molecular complexity index is 534. The number of nitrogens with zero attached hydrogens (tertiary/aromatic N) is 1. The maximum atomic E-state index is 5.22. The molecule has 0 atom stereocenters. The Balaban J connectivity index is 2.79. The van der Waals surface area contributed by atoms with Crippen LogP contribution in [-0.4, -0.2) is 9.55 Å². The number of aromatic amines is 1. The van der Waals surface area contributed by atoms with Crippen molar-refractivity contribution in [3.8, 4) is 0 Å². The molecular weight excluding hydrogens is 192 g/mol. The third kappa shape index (κ3) is 1.40. The highest BCUT2D eigenvalue weighted by molar-refractivity contribution is 7.71. The van der Waals surface area contributed by atoms with Gasteiger partial charge in [-0.05, 0) is 36.8 Å². The van der Waals surface area contributed by atoms with Crippen molar-refractivity contribution < 1.29 is 0 Å². The first-order valence-electron chi connectivity index (χ1n) is 4.52. The van der Waals surface area contributed by atoms with Crippen molar-refractivity contribution in [3.63, 3.8) is 0 Å². The summed E-state index contributed by atoms with van der Waals surface area (Å²) in [6, 6.07) is 6.26. The summed E-state index contributed by atoms with van der Waals surface area (Å²) in [6.45, 7) is 6.55.